The van der Waals surface area contributed by atoms with E-state index in [-0.39, 0.29) is 30.1 Å². The Hall–Kier alpha value is -4.34. The number of benzene rings is 2. The van der Waals surface area contributed by atoms with Crippen LogP contribution in [0.3, 0.4) is 0 Å². The highest BCUT2D eigenvalue weighted by atomic mass is 19.1. The standard InChI is InChI=1S/C26H25FN6O3/c27-20-11-10-18(25-30-29-23-9-5-2-6-14-32(23)25)17-22(20)28-26(35)21-12-13-24(34)33(31-21)15-16-36-19-7-3-1-4-8-19/h1,3-4,7-8,10-13,17H,2,5-6,9,14-16H2,(H,28,35). The van der Waals surface area contributed by atoms with Crippen molar-refractivity contribution in [2.24, 2.45) is 0 Å². The lowest BCUT2D eigenvalue weighted by atomic mass is 10.1. The van der Waals surface area contributed by atoms with E-state index in [2.05, 4.69) is 25.2 Å². The number of anilines is 1. The lowest BCUT2D eigenvalue weighted by Crippen LogP contribution is -2.28. The number of hydrogen-bond donors (Lipinski definition) is 1. The van der Waals surface area contributed by atoms with E-state index in [0.717, 1.165) is 42.7 Å². The van der Waals surface area contributed by atoms with Crippen molar-refractivity contribution >= 4 is 11.6 Å². The van der Waals surface area contributed by atoms with Crippen LogP contribution in [-0.2, 0) is 19.5 Å². The van der Waals surface area contributed by atoms with Crippen molar-refractivity contribution in [2.75, 3.05) is 11.9 Å². The molecule has 0 unspecified atom stereocenters. The number of hydrogen-bond acceptors (Lipinski definition) is 6. The summed E-state index contributed by atoms with van der Waals surface area (Å²) in [6.07, 6.45) is 4.08. The SMILES string of the molecule is O=C(Nc1cc(-c2nnc3n2CCCCC3)ccc1F)c1ccc(=O)n(CCOc2ccccc2)n1. The number of aryl methyl sites for hydroxylation is 1. The number of para-hydroxylation sites is 1. The van der Waals surface area contributed by atoms with Crippen LogP contribution in [-0.4, -0.2) is 37.1 Å². The zero-order valence-corrected chi connectivity index (χ0v) is 19.6. The molecule has 0 bridgehead atoms. The highest BCUT2D eigenvalue weighted by Crippen LogP contribution is 2.26. The first kappa shape index (κ1) is 23.4. The van der Waals surface area contributed by atoms with Crippen molar-refractivity contribution in [2.45, 2.75) is 38.8 Å². The molecule has 0 radical (unpaired) electrons. The fourth-order valence-corrected chi connectivity index (χ4v) is 4.14. The van der Waals surface area contributed by atoms with Crippen molar-refractivity contribution in [1.29, 1.82) is 0 Å². The van der Waals surface area contributed by atoms with E-state index < -0.39 is 11.7 Å². The predicted octanol–water partition coefficient (Wildman–Crippen LogP) is 3.70. The number of amides is 1. The number of nitrogens with zero attached hydrogens (tertiary/aromatic N) is 5. The van der Waals surface area contributed by atoms with Crippen LogP contribution in [0.1, 0.15) is 35.6 Å². The maximum atomic E-state index is 14.6. The predicted molar refractivity (Wildman–Crippen MR) is 131 cm³/mol. The third kappa shape index (κ3) is 5.17. The van der Waals surface area contributed by atoms with E-state index in [4.69, 9.17) is 4.74 Å². The van der Waals surface area contributed by atoms with Gasteiger partial charge in [0.1, 0.15) is 29.7 Å². The van der Waals surface area contributed by atoms with Gasteiger partial charge in [0.15, 0.2) is 5.82 Å². The van der Waals surface area contributed by atoms with Crippen LogP contribution in [0.2, 0.25) is 0 Å². The van der Waals surface area contributed by atoms with Crippen LogP contribution in [0.25, 0.3) is 11.4 Å². The molecular formula is C26H25FN6O3. The molecule has 1 amide bonds. The summed E-state index contributed by atoms with van der Waals surface area (Å²) in [5.41, 5.74) is 0.262. The summed E-state index contributed by atoms with van der Waals surface area (Å²) in [7, 11) is 0. The van der Waals surface area contributed by atoms with Gasteiger partial charge in [0.25, 0.3) is 11.5 Å². The molecule has 1 aliphatic rings. The Bertz CT molecular complexity index is 1430. The van der Waals surface area contributed by atoms with Gasteiger partial charge in [0, 0.05) is 24.6 Å². The van der Waals surface area contributed by atoms with Crippen LogP contribution in [0.5, 0.6) is 5.75 Å². The van der Waals surface area contributed by atoms with E-state index in [1.165, 1.54) is 18.2 Å². The Morgan fingerprint density at radius 1 is 1.03 bits per heavy atom. The fraction of sp³-hybridized carbons (Fsp3) is 0.269. The van der Waals surface area contributed by atoms with E-state index in [9.17, 15) is 14.0 Å². The summed E-state index contributed by atoms with van der Waals surface area (Å²) >= 11 is 0. The van der Waals surface area contributed by atoms with Crippen molar-refractivity contribution in [1.82, 2.24) is 24.5 Å². The molecule has 0 saturated heterocycles. The van der Waals surface area contributed by atoms with Gasteiger partial charge in [-0.25, -0.2) is 9.07 Å². The molecule has 2 aromatic heterocycles. The third-order valence-corrected chi connectivity index (χ3v) is 6.00. The smallest absolute Gasteiger partial charge is 0.276 e. The second kappa shape index (κ2) is 10.5. The van der Waals surface area contributed by atoms with Crippen molar-refractivity contribution in [3.63, 3.8) is 0 Å². The van der Waals surface area contributed by atoms with E-state index in [1.807, 2.05) is 18.2 Å². The van der Waals surface area contributed by atoms with Gasteiger partial charge >= 0.3 is 0 Å². The lowest BCUT2D eigenvalue weighted by molar-refractivity contribution is 0.101. The summed E-state index contributed by atoms with van der Waals surface area (Å²) < 4.78 is 23.4. The van der Waals surface area contributed by atoms with E-state index in [1.54, 1.807) is 24.3 Å². The van der Waals surface area contributed by atoms with Crippen molar-refractivity contribution in [3.8, 4) is 17.1 Å². The molecule has 4 aromatic rings. The Labute approximate surface area is 206 Å². The Morgan fingerprint density at radius 3 is 2.75 bits per heavy atom. The van der Waals surface area contributed by atoms with Gasteiger partial charge in [-0.3, -0.25) is 9.59 Å². The van der Waals surface area contributed by atoms with Gasteiger partial charge in [-0.2, -0.15) is 5.10 Å². The summed E-state index contributed by atoms with van der Waals surface area (Å²) in [6.45, 7) is 1.15. The molecule has 9 nitrogen and oxygen atoms in total. The van der Waals surface area contributed by atoms with Crippen LogP contribution < -0.4 is 15.6 Å². The number of aromatic nitrogens is 5. The van der Waals surface area contributed by atoms with Crippen LogP contribution in [0, 0.1) is 5.82 Å². The molecule has 1 N–H and O–H groups in total. The van der Waals surface area contributed by atoms with E-state index in [0.29, 0.717) is 17.1 Å². The Balaban J connectivity index is 1.32. The van der Waals surface area contributed by atoms with Gasteiger partial charge in [-0.15, -0.1) is 10.2 Å². The largest absolute Gasteiger partial charge is 0.492 e. The minimum Gasteiger partial charge on any atom is -0.492 e. The van der Waals surface area contributed by atoms with Crippen molar-refractivity contribution < 1.29 is 13.9 Å². The first-order chi connectivity index (χ1) is 17.6. The van der Waals surface area contributed by atoms with Gasteiger partial charge in [0.2, 0.25) is 0 Å². The highest BCUT2D eigenvalue weighted by Gasteiger charge is 2.18. The van der Waals surface area contributed by atoms with Gasteiger partial charge in [-0.1, -0.05) is 24.6 Å². The molecule has 184 valence electrons. The van der Waals surface area contributed by atoms with Crippen LogP contribution >= 0.6 is 0 Å². The zero-order chi connectivity index (χ0) is 24.9. The minimum atomic E-state index is -0.635. The first-order valence-corrected chi connectivity index (χ1v) is 11.9. The number of carbonyl (C=O) groups is 1. The molecule has 1 aliphatic heterocycles. The summed E-state index contributed by atoms with van der Waals surface area (Å²) in [5, 5.41) is 15.3. The number of carbonyl (C=O) groups excluding carboxylic acids is 1. The topological polar surface area (TPSA) is 104 Å². The van der Waals surface area contributed by atoms with Gasteiger partial charge in [0.05, 0.1) is 12.2 Å². The Kier molecular flexibility index (Phi) is 6.83. The van der Waals surface area contributed by atoms with E-state index >= 15 is 0 Å². The number of rotatable bonds is 7. The first-order valence-electron chi connectivity index (χ1n) is 11.9. The molecular weight excluding hydrogens is 463 g/mol. The molecule has 5 rings (SSSR count). The third-order valence-electron chi connectivity index (χ3n) is 6.00. The average Bonchev–Trinajstić information content (AvgIpc) is 3.14. The fourth-order valence-electron chi connectivity index (χ4n) is 4.14. The quantitative estimate of drug-likeness (QED) is 0.426. The second-order valence-corrected chi connectivity index (χ2v) is 8.49. The molecule has 0 aliphatic carbocycles. The maximum Gasteiger partial charge on any atom is 0.276 e. The lowest BCUT2D eigenvalue weighted by Gasteiger charge is -2.11. The maximum absolute atomic E-state index is 14.6. The normalized spacial score (nSPS) is 13.0. The van der Waals surface area contributed by atoms with Crippen molar-refractivity contribution in [3.05, 3.63) is 88.4 Å². The molecule has 0 saturated carbocycles. The molecule has 0 atom stereocenters. The van der Waals surface area contributed by atoms with Gasteiger partial charge in [-0.05, 0) is 49.2 Å². The van der Waals surface area contributed by atoms with Gasteiger partial charge < -0.3 is 14.6 Å². The molecule has 0 spiro atoms. The number of ether oxygens (including phenoxy) is 1. The molecule has 36 heavy (non-hydrogen) atoms. The minimum absolute atomic E-state index is 0.00423. The molecule has 0 fully saturated rings. The highest BCUT2D eigenvalue weighted by molar-refractivity contribution is 6.03. The summed E-state index contributed by atoms with van der Waals surface area (Å²) in [5.74, 6) is 1.00. The number of fused-ring (bicyclic) bond motifs is 1. The monoisotopic (exact) mass is 488 g/mol. The molecule has 10 heteroatoms. The second-order valence-electron chi connectivity index (χ2n) is 8.49. The number of halogens is 1. The van der Waals surface area contributed by atoms with Crippen LogP contribution in [0.4, 0.5) is 10.1 Å². The average molecular weight is 489 g/mol. The number of nitrogens with one attached hydrogen (secondary N) is 1. The van der Waals surface area contributed by atoms with Crippen LogP contribution in [0.15, 0.2) is 65.5 Å². The molecule has 2 aromatic carbocycles. The Morgan fingerprint density at radius 2 is 1.89 bits per heavy atom. The molecule has 3 heterocycles. The summed E-state index contributed by atoms with van der Waals surface area (Å²) in [6, 6.07) is 16.2. The zero-order valence-electron chi connectivity index (χ0n) is 19.6. The summed E-state index contributed by atoms with van der Waals surface area (Å²) in [4.78, 5) is 25.1.